The summed E-state index contributed by atoms with van der Waals surface area (Å²) in [6, 6.07) is 1.88. The van der Waals surface area contributed by atoms with Crippen LogP contribution in [-0.4, -0.2) is 38.1 Å². The lowest BCUT2D eigenvalue weighted by Gasteiger charge is -2.21. The van der Waals surface area contributed by atoms with Gasteiger partial charge in [-0.3, -0.25) is 9.69 Å². The highest BCUT2D eigenvalue weighted by atomic mass is 32.1. The molecule has 1 unspecified atom stereocenters. The molecule has 0 saturated carbocycles. The van der Waals surface area contributed by atoms with Crippen LogP contribution in [0.2, 0.25) is 0 Å². The number of thiophene rings is 1. The Morgan fingerprint density at radius 1 is 1.60 bits per heavy atom. The van der Waals surface area contributed by atoms with E-state index < -0.39 is 0 Å². The van der Waals surface area contributed by atoms with E-state index in [1.807, 2.05) is 19.0 Å². The van der Waals surface area contributed by atoms with Crippen LogP contribution in [0.1, 0.15) is 10.4 Å². The Morgan fingerprint density at radius 2 is 2.27 bits per heavy atom. The maximum atomic E-state index is 11.5. The number of hydrogen-bond acceptors (Lipinski definition) is 4. The van der Waals surface area contributed by atoms with Gasteiger partial charge in [-0.2, -0.15) is 0 Å². The van der Waals surface area contributed by atoms with E-state index in [1.54, 1.807) is 11.3 Å². The van der Waals surface area contributed by atoms with E-state index in [1.165, 1.54) is 17.6 Å². The number of carbonyl (C=O) groups is 1. The van der Waals surface area contributed by atoms with Gasteiger partial charge in [-0.25, -0.2) is 0 Å². The van der Waals surface area contributed by atoms with Crippen molar-refractivity contribution in [2.75, 3.05) is 21.2 Å². The lowest BCUT2D eigenvalue weighted by molar-refractivity contribution is -0.145. The lowest BCUT2D eigenvalue weighted by atomic mass is 10.1. The summed E-state index contributed by atoms with van der Waals surface area (Å²) in [5, 5.41) is 2.05. The zero-order chi connectivity index (χ0) is 11.4. The van der Waals surface area contributed by atoms with Crippen molar-refractivity contribution >= 4 is 17.3 Å². The monoisotopic (exact) mass is 227 g/mol. The zero-order valence-corrected chi connectivity index (χ0v) is 10.4. The van der Waals surface area contributed by atoms with Crippen LogP contribution in [0.3, 0.4) is 0 Å². The third-order valence-corrected chi connectivity index (χ3v) is 3.36. The normalized spacial score (nSPS) is 12.9. The number of hydrogen-bond donors (Lipinski definition) is 0. The topological polar surface area (TPSA) is 29.5 Å². The first kappa shape index (κ1) is 12.2. The predicted molar refractivity (Wildman–Crippen MR) is 62.3 cm³/mol. The van der Waals surface area contributed by atoms with E-state index in [0.29, 0.717) is 0 Å². The summed E-state index contributed by atoms with van der Waals surface area (Å²) in [4.78, 5) is 14.7. The summed E-state index contributed by atoms with van der Waals surface area (Å²) in [6.07, 6.45) is 0.717. The molecule has 0 aromatic carbocycles. The van der Waals surface area contributed by atoms with Crippen molar-refractivity contribution in [1.82, 2.24) is 4.90 Å². The number of ether oxygens (including phenoxy) is 1. The number of carbonyl (C=O) groups excluding carboxylic acids is 1. The first-order chi connectivity index (χ1) is 7.06. The fourth-order valence-electron chi connectivity index (χ4n) is 1.44. The van der Waals surface area contributed by atoms with Gasteiger partial charge >= 0.3 is 5.97 Å². The molecule has 3 nitrogen and oxygen atoms in total. The molecule has 1 aromatic rings. The Morgan fingerprint density at radius 3 is 2.67 bits per heavy atom. The van der Waals surface area contributed by atoms with E-state index in [2.05, 4.69) is 18.4 Å². The molecular weight excluding hydrogens is 210 g/mol. The van der Waals surface area contributed by atoms with Crippen molar-refractivity contribution in [3.8, 4) is 0 Å². The van der Waals surface area contributed by atoms with Crippen molar-refractivity contribution in [2.45, 2.75) is 19.4 Å². The second kappa shape index (κ2) is 5.28. The highest BCUT2D eigenvalue weighted by Crippen LogP contribution is 2.18. The molecule has 0 amide bonds. The largest absolute Gasteiger partial charge is 0.468 e. The molecule has 0 spiro atoms. The molecule has 0 saturated heterocycles. The molecule has 1 rings (SSSR count). The van der Waals surface area contributed by atoms with E-state index >= 15 is 0 Å². The molecule has 0 fully saturated rings. The van der Waals surface area contributed by atoms with Crippen molar-refractivity contribution in [2.24, 2.45) is 0 Å². The molecule has 15 heavy (non-hydrogen) atoms. The van der Waals surface area contributed by atoms with Gasteiger partial charge in [0.25, 0.3) is 0 Å². The predicted octanol–water partition coefficient (Wildman–Crippen LogP) is 1.70. The summed E-state index contributed by atoms with van der Waals surface area (Å²) in [5.74, 6) is -0.175. The second-order valence-electron chi connectivity index (χ2n) is 3.71. The van der Waals surface area contributed by atoms with Crippen LogP contribution in [-0.2, 0) is 16.0 Å². The SMILES string of the molecule is COC(=O)C(Cc1ccsc1C)N(C)C. The number of nitrogens with zero attached hydrogens (tertiary/aromatic N) is 1. The van der Waals surface area contributed by atoms with E-state index in [-0.39, 0.29) is 12.0 Å². The molecule has 1 atom stereocenters. The molecule has 0 radical (unpaired) electrons. The number of likely N-dealkylation sites (N-methyl/N-ethyl adjacent to an activating group) is 1. The van der Waals surface area contributed by atoms with Gasteiger partial charge in [0.2, 0.25) is 0 Å². The molecule has 0 aliphatic rings. The van der Waals surface area contributed by atoms with Crippen LogP contribution in [0.4, 0.5) is 0 Å². The third kappa shape index (κ3) is 3.04. The lowest BCUT2D eigenvalue weighted by Crippen LogP contribution is -2.38. The zero-order valence-electron chi connectivity index (χ0n) is 9.61. The van der Waals surface area contributed by atoms with Crippen molar-refractivity contribution in [3.05, 3.63) is 21.9 Å². The van der Waals surface area contributed by atoms with Gasteiger partial charge in [0.1, 0.15) is 6.04 Å². The van der Waals surface area contributed by atoms with Crippen LogP contribution in [0.15, 0.2) is 11.4 Å². The molecule has 0 bridgehead atoms. The minimum absolute atomic E-state index is 0.175. The molecule has 1 aromatic heterocycles. The minimum atomic E-state index is -0.191. The molecule has 0 aliphatic carbocycles. The standard InChI is InChI=1S/C11H17NO2S/c1-8-9(5-6-15-8)7-10(12(2)3)11(13)14-4/h5-6,10H,7H2,1-4H3. The minimum Gasteiger partial charge on any atom is -0.468 e. The Labute approximate surface area is 94.7 Å². The molecule has 1 heterocycles. The average Bonchev–Trinajstić information content (AvgIpc) is 2.59. The van der Waals surface area contributed by atoms with Gasteiger partial charge in [-0.15, -0.1) is 11.3 Å². The first-order valence-electron chi connectivity index (χ1n) is 4.83. The summed E-state index contributed by atoms with van der Waals surface area (Å²) in [6.45, 7) is 2.07. The number of esters is 1. The maximum Gasteiger partial charge on any atom is 0.323 e. The van der Waals surface area contributed by atoms with Crippen molar-refractivity contribution in [1.29, 1.82) is 0 Å². The maximum absolute atomic E-state index is 11.5. The van der Waals surface area contributed by atoms with Gasteiger partial charge in [0.15, 0.2) is 0 Å². The molecule has 0 N–H and O–H groups in total. The van der Waals surface area contributed by atoms with E-state index in [9.17, 15) is 4.79 Å². The summed E-state index contributed by atoms with van der Waals surface area (Å²) in [7, 11) is 5.21. The summed E-state index contributed by atoms with van der Waals surface area (Å²) >= 11 is 1.71. The van der Waals surface area contributed by atoms with Crippen molar-refractivity contribution < 1.29 is 9.53 Å². The van der Waals surface area contributed by atoms with Crippen LogP contribution in [0, 0.1) is 6.92 Å². The van der Waals surface area contributed by atoms with Gasteiger partial charge in [-0.05, 0) is 44.4 Å². The Balaban J connectivity index is 2.76. The van der Waals surface area contributed by atoms with E-state index in [4.69, 9.17) is 4.74 Å². The fourth-order valence-corrected chi connectivity index (χ4v) is 2.18. The van der Waals surface area contributed by atoms with Crippen LogP contribution in [0.25, 0.3) is 0 Å². The number of aryl methyl sites for hydroxylation is 1. The Kier molecular flexibility index (Phi) is 4.29. The third-order valence-electron chi connectivity index (χ3n) is 2.48. The van der Waals surface area contributed by atoms with Gasteiger partial charge < -0.3 is 4.74 Å². The van der Waals surface area contributed by atoms with Crippen LogP contribution < -0.4 is 0 Å². The second-order valence-corrected chi connectivity index (χ2v) is 4.83. The smallest absolute Gasteiger partial charge is 0.323 e. The van der Waals surface area contributed by atoms with Gasteiger partial charge in [0.05, 0.1) is 7.11 Å². The molecule has 84 valence electrons. The Bertz CT molecular complexity index is 333. The molecule has 0 aliphatic heterocycles. The highest BCUT2D eigenvalue weighted by molar-refractivity contribution is 7.10. The van der Waals surface area contributed by atoms with Crippen LogP contribution in [0.5, 0.6) is 0 Å². The van der Waals surface area contributed by atoms with Gasteiger partial charge in [0, 0.05) is 4.88 Å². The molecule has 4 heteroatoms. The molecular formula is C11H17NO2S. The van der Waals surface area contributed by atoms with Gasteiger partial charge in [-0.1, -0.05) is 0 Å². The highest BCUT2D eigenvalue weighted by Gasteiger charge is 2.22. The number of methoxy groups -OCH3 is 1. The Hall–Kier alpha value is -0.870. The number of rotatable bonds is 4. The summed E-state index contributed by atoms with van der Waals surface area (Å²) < 4.78 is 4.79. The quantitative estimate of drug-likeness (QED) is 0.733. The van der Waals surface area contributed by atoms with Crippen molar-refractivity contribution in [3.63, 3.8) is 0 Å². The first-order valence-corrected chi connectivity index (χ1v) is 5.71. The van der Waals surface area contributed by atoms with Crippen LogP contribution >= 0.6 is 11.3 Å². The summed E-state index contributed by atoms with van der Waals surface area (Å²) in [5.41, 5.74) is 1.23. The fraction of sp³-hybridized carbons (Fsp3) is 0.545. The average molecular weight is 227 g/mol. The van der Waals surface area contributed by atoms with E-state index in [0.717, 1.165) is 6.42 Å².